The first-order chi connectivity index (χ1) is 11.6. The van der Waals surface area contributed by atoms with Crippen molar-refractivity contribution >= 4 is 36.4 Å². The molecule has 3 rings (SSSR count). The molecule has 1 aromatic rings. The van der Waals surface area contributed by atoms with E-state index in [1.807, 2.05) is 12.1 Å². The summed E-state index contributed by atoms with van der Waals surface area (Å²) in [4.78, 5) is 17.3. The van der Waals surface area contributed by atoms with Crippen LogP contribution in [0, 0.1) is 0 Å². The van der Waals surface area contributed by atoms with Crippen molar-refractivity contribution in [1.82, 2.24) is 15.5 Å². The van der Waals surface area contributed by atoms with Crippen LogP contribution in [0.5, 0.6) is 0 Å². The average Bonchev–Trinajstić information content (AvgIpc) is 2.63. The zero-order valence-corrected chi connectivity index (χ0v) is 17.4. The van der Waals surface area contributed by atoms with Crippen LogP contribution in [0.4, 0.5) is 5.69 Å². The molecule has 2 N–H and O–H groups in total. The molecule has 0 aliphatic carbocycles. The Bertz CT molecular complexity index is 539. The minimum Gasteiger partial charge on any atom is -0.369 e. The average molecular weight is 403 g/mol. The molecule has 2 aliphatic rings. The van der Waals surface area contributed by atoms with Crippen LogP contribution in [0.15, 0.2) is 24.3 Å². The van der Waals surface area contributed by atoms with Gasteiger partial charge in [-0.15, -0.1) is 24.8 Å². The monoisotopic (exact) mass is 402 g/mol. The summed E-state index contributed by atoms with van der Waals surface area (Å²) in [6.45, 7) is 10.8. The summed E-state index contributed by atoms with van der Waals surface area (Å²) < 4.78 is 0. The van der Waals surface area contributed by atoms with Crippen molar-refractivity contribution in [1.29, 1.82) is 0 Å². The lowest BCUT2D eigenvalue weighted by molar-refractivity contribution is 0.0930. The number of hydrogen-bond donors (Lipinski definition) is 2. The molecule has 2 saturated heterocycles. The molecule has 0 spiro atoms. The van der Waals surface area contributed by atoms with E-state index in [9.17, 15) is 4.79 Å². The summed E-state index contributed by atoms with van der Waals surface area (Å²) in [7, 11) is 0. The van der Waals surface area contributed by atoms with E-state index in [1.165, 1.54) is 5.69 Å². The molecule has 0 aromatic heterocycles. The Morgan fingerprint density at radius 3 is 2.31 bits per heavy atom. The maximum absolute atomic E-state index is 12.4. The van der Waals surface area contributed by atoms with Crippen LogP contribution in [0.1, 0.15) is 37.0 Å². The van der Waals surface area contributed by atoms with Crippen LogP contribution in [-0.2, 0) is 0 Å². The van der Waals surface area contributed by atoms with Gasteiger partial charge in [-0.3, -0.25) is 9.69 Å². The SMILES string of the molecule is CC(C)N1CCN(c2ccc(C(=O)N[C@H]3CCCNC3)cc2)CC1.Cl.Cl. The van der Waals surface area contributed by atoms with Gasteiger partial charge in [0, 0.05) is 56.1 Å². The van der Waals surface area contributed by atoms with Crippen LogP contribution in [0.3, 0.4) is 0 Å². The van der Waals surface area contributed by atoms with Crippen LogP contribution in [0.25, 0.3) is 0 Å². The van der Waals surface area contributed by atoms with Gasteiger partial charge < -0.3 is 15.5 Å². The third-order valence-corrected chi connectivity index (χ3v) is 5.17. The van der Waals surface area contributed by atoms with Crippen molar-refractivity contribution in [2.45, 2.75) is 38.8 Å². The second-order valence-corrected chi connectivity index (χ2v) is 7.18. The number of benzene rings is 1. The number of nitrogens with zero attached hydrogens (tertiary/aromatic N) is 2. The molecule has 0 radical (unpaired) electrons. The van der Waals surface area contributed by atoms with Crippen molar-refractivity contribution in [3.63, 3.8) is 0 Å². The van der Waals surface area contributed by atoms with Crippen molar-refractivity contribution < 1.29 is 4.79 Å². The van der Waals surface area contributed by atoms with Gasteiger partial charge >= 0.3 is 0 Å². The highest BCUT2D eigenvalue weighted by Gasteiger charge is 2.20. The van der Waals surface area contributed by atoms with Gasteiger partial charge in [0.2, 0.25) is 0 Å². The second-order valence-electron chi connectivity index (χ2n) is 7.18. The summed E-state index contributed by atoms with van der Waals surface area (Å²) in [5.41, 5.74) is 1.97. The van der Waals surface area contributed by atoms with Gasteiger partial charge in [-0.25, -0.2) is 0 Å². The van der Waals surface area contributed by atoms with E-state index in [0.717, 1.165) is 57.7 Å². The molecule has 1 amide bonds. The Kier molecular flexibility index (Phi) is 9.72. The molecule has 1 aromatic carbocycles. The highest BCUT2D eigenvalue weighted by atomic mass is 35.5. The molecular weight excluding hydrogens is 371 g/mol. The molecule has 0 unspecified atom stereocenters. The summed E-state index contributed by atoms with van der Waals surface area (Å²) in [5, 5.41) is 6.46. The molecule has 0 bridgehead atoms. The summed E-state index contributed by atoms with van der Waals surface area (Å²) in [6, 6.07) is 8.95. The number of rotatable bonds is 4. The first-order valence-electron chi connectivity index (χ1n) is 9.24. The second kappa shape index (κ2) is 11.0. The normalized spacial score (nSPS) is 20.9. The van der Waals surface area contributed by atoms with E-state index in [1.54, 1.807) is 0 Å². The lowest BCUT2D eigenvalue weighted by atomic mass is 10.1. The number of hydrogen-bond acceptors (Lipinski definition) is 4. The number of anilines is 1. The van der Waals surface area contributed by atoms with Crippen molar-refractivity contribution in [2.24, 2.45) is 0 Å². The fourth-order valence-corrected chi connectivity index (χ4v) is 3.56. The number of piperazine rings is 1. The third-order valence-electron chi connectivity index (χ3n) is 5.17. The summed E-state index contributed by atoms with van der Waals surface area (Å²) in [5.74, 6) is 0.0416. The van der Waals surface area contributed by atoms with Gasteiger partial charge in [0.1, 0.15) is 0 Å². The quantitative estimate of drug-likeness (QED) is 0.811. The van der Waals surface area contributed by atoms with Gasteiger partial charge in [-0.2, -0.15) is 0 Å². The van der Waals surface area contributed by atoms with E-state index in [0.29, 0.717) is 6.04 Å². The Morgan fingerprint density at radius 2 is 1.77 bits per heavy atom. The smallest absolute Gasteiger partial charge is 0.251 e. The van der Waals surface area contributed by atoms with E-state index < -0.39 is 0 Å². The molecular formula is C19H32Cl2N4O. The first-order valence-corrected chi connectivity index (χ1v) is 9.24. The minimum absolute atomic E-state index is 0. The van der Waals surface area contributed by atoms with Gasteiger partial charge in [0.15, 0.2) is 0 Å². The van der Waals surface area contributed by atoms with E-state index in [-0.39, 0.29) is 36.8 Å². The Labute approximate surface area is 169 Å². The number of nitrogens with one attached hydrogen (secondary N) is 2. The van der Waals surface area contributed by atoms with Gasteiger partial charge in [-0.05, 0) is 57.5 Å². The van der Waals surface area contributed by atoms with Crippen molar-refractivity contribution in [3.05, 3.63) is 29.8 Å². The lowest BCUT2D eigenvalue weighted by Gasteiger charge is -2.38. The largest absolute Gasteiger partial charge is 0.369 e. The Morgan fingerprint density at radius 1 is 1.12 bits per heavy atom. The zero-order chi connectivity index (χ0) is 16.9. The molecule has 2 aliphatic heterocycles. The fraction of sp³-hybridized carbons (Fsp3) is 0.632. The van der Waals surface area contributed by atoms with Crippen LogP contribution in [0.2, 0.25) is 0 Å². The van der Waals surface area contributed by atoms with E-state index >= 15 is 0 Å². The maximum Gasteiger partial charge on any atom is 0.251 e. The highest BCUT2D eigenvalue weighted by Crippen LogP contribution is 2.18. The summed E-state index contributed by atoms with van der Waals surface area (Å²) in [6.07, 6.45) is 2.20. The lowest BCUT2D eigenvalue weighted by Crippen LogP contribution is -2.48. The van der Waals surface area contributed by atoms with Crippen LogP contribution >= 0.6 is 24.8 Å². The predicted octanol–water partition coefficient (Wildman–Crippen LogP) is 2.54. The van der Waals surface area contributed by atoms with Gasteiger partial charge in [0.25, 0.3) is 5.91 Å². The van der Waals surface area contributed by atoms with E-state index in [4.69, 9.17) is 0 Å². The molecule has 26 heavy (non-hydrogen) atoms. The standard InChI is InChI=1S/C19H30N4O.2ClH/c1-15(2)22-10-12-23(13-11-22)18-7-5-16(6-8-18)19(24)21-17-4-3-9-20-14-17;;/h5-8,15,17,20H,3-4,9-14H2,1-2H3,(H,21,24);2*1H/t17-;;/m0../s1. The molecule has 2 heterocycles. The Hall–Kier alpha value is -1.01. The zero-order valence-electron chi connectivity index (χ0n) is 15.7. The Balaban J connectivity index is 0.00000169. The van der Waals surface area contributed by atoms with Crippen molar-refractivity contribution in [2.75, 3.05) is 44.2 Å². The van der Waals surface area contributed by atoms with Gasteiger partial charge in [0.05, 0.1) is 0 Å². The molecule has 0 saturated carbocycles. The molecule has 7 heteroatoms. The van der Waals surface area contributed by atoms with Crippen LogP contribution < -0.4 is 15.5 Å². The number of carbonyl (C=O) groups excluding carboxylic acids is 1. The molecule has 1 atom stereocenters. The van der Waals surface area contributed by atoms with Gasteiger partial charge in [-0.1, -0.05) is 0 Å². The fourth-order valence-electron chi connectivity index (χ4n) is 3.56. The number of carbonyl (C=O) groups is 1. The predicted molar refractivity (Wildman–Crippen MR) is 113 cm³/mol. The first kappa shape index (κ1) is 23.0. The molecule has 2 fully saturated rings. The third kappa shape index (κ3) is 6.02. The summed E-state index contributed by atoms with van der Waals surface area (Å²) >= 11 is 0. The number of amides is 1. The molecule has 5 nitrogen and oxygen atoms in total. The number of piperidine rings is 1. The minimum atomic E-state index is 0. The maximum atomic E-state index is 12.4. The van der Waals surface area contributed by atoms with E-state index in [2.05, 4.69) is 46.4 Å². The molecule has 148 valence electrons. The highest BCUT2D eigenvalue weighted by molar-refractivity contribution is 5.94. The van der Waals surface area contributed by atoms with Crippen LogP contribution in [-0.4, -0.2) is 62.2 Å². The van der Waals surface area contributed by atoms with Crippen molar-refractivity contribution in [3.8, 4) is 0 Å². The topological polar surface area (TPSA) is 47.6 Å². The number of halogens is 2.